The van der Waals surface area contributed by atoms with Crippen molar-refractivity contribution in [1.29, 1.82) is 0 Å². The first-order valence-electron chi connectivity index (χ1n) is 31.1. The van der Waals surface area contributed by atoms with E-state index in [2.05, 4.69) is 31.1 Å². The Bertz CT molecular complexity index is 3110. The Morgan fingerprint density at radius 1 is 0.511 bits per heavy atom. The van der Waals surface area contributed by atoms with Crippen molar-refractivity contribution in [2.45, 2.75) is 115 Å². The number of alkyl carbamates (subject to hydrolysis) is 2. The molecule has 2 fully saturated rings. The largest absolute Gasteiger partial charge is 0.482 e. The fourth-order valence-corrected chi connectivity index (χ4v) is 11.8. The maximum Gasteiger partial charge on any atom is 0.407 e. The third kappa shape index (κ3) is 20.6. The van der Waals surface area contributed by atoms with Gasteiger partial charge in [0.15, 0.2) is 13.2 Å². The van der Waals surface area contributed by atoms with Crippen molar-refractivity contribution in [2.75, 3.05) is 102 Å². The molecule has 4 N–H and O–H groups in total. The third-order valence-electron chi connectivity index (χ3n) is 16.1. The van der Waals surface area contributed by atoms with Crippen LogP contribution in [0.1, 0.15) is 141 Å². The van der Waals surface area contributed by atoms with E-state index >= 15 is 0 Å². The number of amides is 6. The maximum absolute atomic E-state index is 13.2. The highest BCUT2D eigenvalue weighted by Crippen LogP contribution is 2.36. The number of fused-ring (bicyclic) bond motifs is 2. The van der Waals surface area contributed by atoms with E-state index in [1.165, 1.54) is 0 Å². The van der Waals surface area contributed by atoms with Crippen LogP contribution in [0.25, 0.3) is 0 Å². The molecule has 2 saturated heterocycles. The molecule has 0 bridgehead atoms. The van der Waals surface area contributed by atoms with Crippen molar-refractivity contribution < 1.29 is 47.7 Å². The Hall–Kier alpha value is -7.38. The average molecular weight is 1250 g/mol. The average Bonchev–Trinajstić information content (AvgIpc) is 2.78. The van der Waals surface area contributed by atoms with Crippen molar-refractivity contribution in [3.05, 3.63) is 153 Å². The summed E-state index contributed by atoms with van der Waals surface area (Å²) in [7, 11) is 0. The molecule has 18 nitrogen and oxygen atoms in total. The SMILES string of the molecule is CC(C)(C)OC(=O)NCCCCCCNC(=O)c1cc(Cl)ccc1C1CCN(CCN2C(=O)COc3ccccc32)CC1.O=C(NCCCCCNC(=O)c1cc(Cl)ccc1C1CCN(CCN2C(=O)COc3ccccc32)CC1)OCc1ccccc1. The van der Waals surface area contributed by atoms with Gasteiger partial charge >= 0.3 is 12.2 Å². The molecular weight excluding hydrogens is 1160 g/mol. The van der Waals surface area contributed by atoms with E-state index in [0.717, 1.165) is 149 Å². The number of nitrogens with one attached hydrogen (secondary N) is 4. The molecular formula is C68H86Cl2N8O10. The summed E-state index contributed by atoms with van der Waals surface area (Å²) < 4.78 is 21.6. The predicted molar refractivity (Wildman–Crippen MR) is 344 cm³/mol. The van der Waals surface area contributed by atoms with Gasteiger partial charge in [-0.1, -0.05) is 103 Å². The second-order valence-corrected chi connectivity index (χ2v) is 24.6. The zero-order valence-corrected chi connectivity index (χ0v) is 52.6. The van der Waals surface area contributed by atoms with Gasteiger partial charge in [-0.05, 0) is 182 Å². The Kier molecular flexibility index (Phi) is 25.6. The number of anilines is 2. The third-order valence-corrected chi connectivity index (χ3v) is 16.6. The molecule has 0 radical (unpaired) electrons. The minimum atomic E-state index is -0.498. The maximum atomic E-state index is 13.2. The minimum absolute atomic E-state index is 0.0133. The Balaban J connectivity index is 0.000000228. The normalized spacial score (nSPS) is 15.6. The molecule has 0 atom stereocenters. The summed E-state index contributed by atoms with van der Waals surface area (Å²) in [5, 5.41) is 12.8. The van der Waals surface area contributed by atoms with Gasteiger partial charge in [0.1, 0.15) is 23.7 Å². The lowest BCUT2D eigenvalue weighted by atomic mass is 9.86. The molecule has 6 amide bonds. The second kappa shape index (κ2) is 33.8. The van der Waals surface area contributed by atoms with Crippen LogP contribution in [0.5, 0.6) is 11.5 Å². The zero-order chi connectivity index (χ0) is 62.3. The summed E-state index contributed by atoms with van der Waals surface area (Å²) in [4.78, 5) is 83.5. The highest BCUT2D eigenvalue weighted by atomic mass is 35.5. The van der Waals surface area contributed by atoms with Crippen molar-refractivity contribution in [3.63, 3.8) is 0 Å². The number of hydrogen-bond donors (Lipinski definition) is 4. The Morgan fingerprint density at radius 3 is 1.38 bits per heavy atom. The lowest BCUT2D eigenvalue weighted by Crippen LogP contribution is -2.45. The summed E-state index contributed by atoms with van der Waals surface area (Å²) in [6, 6.07) is 36.2. The van der Waals surface area contributed by atoms with E-state index in [-0.39, 0.29) is 55.3 Å². The van der Waals surface area contributed by atoms with Gasteiger partial charge in [0.25, 0.3) is 23.6 Å². The van der Waals surface area contributed by atoms with E-state index < -0.39 is 17.8 Å². The van der Waals surface area contributed by atoms with E-state index in [1.54, 1.807) is 12.1 Å². The van der Waals surface area contributed by atoms with Crippen LogP contribution in [0.15, 0.2) is 115 Å². The van der Waals surface area contributed by atoms with Crippen molar-refractivity contribution in [3.8, 4) is 11.5 Å². The smallest absolute Gasteiger partial charge is 0.407 e. The van der Waals surface area contributed by atoms with E-state index in [4.69, 9.17) is 42.1 Å². The van der Waals surface area contributed by atoms with Crippen LogP contribution in [0.2, 0.25) is 10.0 Å². The number of nitrogens with zero attached hydrogens (tertiary/aromatic N) is 4. The minimum Gasteiger partial charge on any atom is -0.482 e. The van der Waals surface area contributed by atoms with Crippen LogP contribution >= 0.6 is 23.2 Å². The second-order valence-electron chi connectivity index (χ2n) is 23.7. The van der Waals surface area contributed by atoms with Crippen LogP contribution < -0.4 is 40.5 Å². The molecule has 9 rings (SSSR count). The van der Waals surface area contributed by atoms with Crippen LogP contribution in [-0.2, 0) is 25.7 Å². The number of ether oxygens (including phenoxy) is 4. The molecule has 0 saturated carbocycles. The fraction of sp³-hybridized carbons (Fsp3) is 0.471. The lowest BCUT2D eigenvalue weighted by Gasteiger charge is -2.35. The van der Waals surface area contributed by atoms with E-state index in [9.17, 15) is 28.8 Å². The highest BCUT2D eigenvalue weighted by molar-refractivity contribution is 6.31. The number of carbonyl (C=O) groups is 6. The van der Waals surface area contributed by atoms with Gasteiger partial charge < -0.3 is 59.8 Å². The van der Waals surface area contributed by atoms with Gasteiger partial charge in [-0.25, -0.2) is 9.59 Å². The van der Waals surface area contributed by atoms with Crippen LogP contribution in [0, 0.1) is 0 Å². The number of rotatable bonds is 25. The van der Waals surface area contributed by atoms with Gasteiger partial charge in [-0.2, -0.15) is 0 Å². The highest BCUT2D eigenvalue weighted by Gasteiger charge is 2.31. The number of halogens is 2. The van der Waals surface area contributed by atoms with Gasteiger partial charge in [-0.3, -0.25) is 19.2 Å². The van der Waals surface area contributed by atoms with Crippen LogP contribution in [-0.4, -0.2) is 143 Å². The van der Waals surface area contributed by atoms with Crippen LogP contribution in [0.4, 0.5) is 21.0 Å². The molecule has 0 aliphatic carbocycles. The summed E-state index contributed by atoms with van der Waals surface area (Å²) in [5.41, 5.74) is 5.49. The number of benzene rings is 5. The number of hydrogen-bond acceptors (Lipinski definition) is 12. The summed E-state index contributed by atoms with van der Waals surface area (Å²) in [6.07, 6.45) is 9.01. The summed E-state index contributed by atoms with van der Waals surface area (Å²) >= 11 is 12.6. The standard InChI is InChI=1S/C35H41ClN4O5.C33H45ClN4O5/c36-28-13-14-29(27-15-19-39(20-16-27)21-22-40-31-11-5-6-12-32(31)44-25-33(40)41)30(23-28)34(42)37-17-7-2-8-18-38-35(43)45-24-26-9-3-1-4-10-26;1-33(2,3)43-32(41)36-17-9-5-4-8-16-35-31(40)27-22-25(34)12-13-26(27)24-14-18-37(19-15-24)20-21-38-28-10-6-7-11-29(28)42-23-30(38)39/h1,3-6,9-14,23,27H,2,7-8,15-22,24-25H2,(H,37,42)(H,38,43);6-7,10-13,22,24H,4-5,8-9,14-21,23H2,1-3H3,(H,35,40)(H,36,41). The molecule has 4 aliphatic heterocycles. The molecule has 4 heterocycles. The Morgan fingerprint density at radius 2 is 0.920 bits per heavy atom. The lowest BCUT2D eigenvalue weighted by molar-refractivity contribution is -0.122. The molecule has 20 heteroatoms. The van der Waals surface area contributed by atoms with Gasteiger partial charge in [-0.15, -0.1) is 0 Å². The summed E-state index contributed by atoms with van der Waals surface area (Å²) in [6.45, 7) is 14.6. The predicted octanol–water partition coefficient (Wildman–Crippen LogP) is 11.5. The van der Waals surface area contributed by atoms with E-state index in [0.29, 0.717) is 60.4 Å². The first-order chi connectivity index (χ1) is 42.6. The first kappa shape index (κ1) is 66.6. The molecule has 5 aromatic carbocycles. The molecule has 472 valence electrons. The number of carbonyl (C=O) groups excluding carboxylic acids is 6. The van der Waals surface area contributed by atoms with Crippen molar-refractivity contribution >= 4 is 70.4 Å². The number of unbranched alkanes of at least 4 members (excludes halogenated alkanes) is 5. The molecule has 0 spiro atoms. The van der Waals surface area contributed by atoms with Crippen LogP contribution in [0.3, 0.4) is 0 Å². The zero-order valence-electron chi connectivity index (χ0n) is 51.1. The molecule has 5 aromatic rings. The van der Waals surface area contributed by atoms with E-state index in [1.807, 2.05) is 134 Å². The quantitative estimate of drug-likeness (QED) is 0.0404. The van der Waals surface area contributed by atoms with Gasteiger partial charge in [0.05, 0.1) is 11.4 Å². The molecule has 88 heavy (non-hydrogen) atoms. The summed E-state index contributed by atoms with van der Waals surface area (Å²) in [5.74, 6) is 1.81. The van der Waals surface area contributed by atoms with Gasteiger partial charge in [0.2, 0.25) is 0 Å². The number of likely N-dealkylation sites (tertiary alicyclic amines) is 2. The Labute approximate surface area is 528 Å². The topological polar surface area (TPSA) is 200 Å². The molecule has 4 aliphatic rings. The van der Waals surface area contributed by atoms with Crippen molar-refractivity contribution in [2.24, 2.45) is 0 Å². The first-order valence-corrected chi connectivity index (χ1v) is 31.9. The number of para-hydroxylation sites is 4. The van der Waals surface area contributed by atoms with Crippen molar-refractivity contribution in [1.82, 2.24) is 31.1 Å². The monoisotopic (exact) mass is 1240 g/mol. The van der Waals surface area contributed by atoms with Gasteiger partial charge in [0, 0.05) is 73.5 Å². The number of piperidine rings is 2. The molecule has 0 aromatic heterocycles. The fourth-order valence-electron chi connectivity index (χ4n) is 11.5. The molecule has 0 unspecified atom stereocenters.